The molecule has 17 heavy (non-hydrogen) atoms. The molecule has 104 valence electrons. The molecular formula is C14H32N2O. The van der Waals surface area contributed by atoms with Gasteiger partial charge in [-0.25, -0.2) is 0 Å². The first-order valence-electron chi connectivity index (χ1n) is 7.02. The number of hydrogen-bond acceptors (Lipinski definition) is 3. The van der Waals surface area contributed by atoms with E-state index in [9.17, 15) is 0 Å². The predicted octanol–water partition coefficient (Wildman–Crippen LogP) is 2.11. The van der Waals surface area contributed by atoms with Crippen molar-refractivity contribution in [2.75, 3.05) is 33.3 Å². The SMILES string of the molecule is CCC(CC)(CNC(C)C)CN(C)CCCO. The molecule has 0 aliphatic heterocycles. The van der Waals surface area contributed by atoms with E-state index in [0.29, 0.717) is 18.1 Å². The molecule has 0 aliphatic carbocycles. The highest BCUT2D eigenvalue weighted by Gasteiger charge is 2.27. The van der Waals surface area contributed by atoms with Gasteiger partial charge >= 0.3 is 0 Å². The molecule has 0 aromatic heterocycles. The first-order chi connectivity index (χ1) is 7.99. The van der Waals surface area contributed by atoms with E-state index in [2.05, 4.69) is 45.0 Å². The maximum atomic E-state index is 8.86. The van der Waals surface area contributed by atoms with Crippen LogP contribution in [-0.4, -0.2) is 49.3 Å². The second-order valence-electron chi connectivity index (χ2n) is 5.56. The van der Waals surface area contributed by atoms with Gasteiger partial charge < -0.3 is 15.3 Å². The van der Waals surface area contributed by atoms with Gasteiger partial charge in [0.15, 0.2) is 0 Å². The maximum absolute atomic E-state index is 8.86. The molecule has 0 heterocycles. The Hall–Kier alpha value is -0.120. The van der Waals surface area contributed by atoms with Crippen LogP contribution in [0.25, 0.3) is 0 Å². The van der Waals surface area contributed by atoms with Crippen molar-refractivity contribution < 1.29 is 5.11 Å². The fourth-order valence-corrected chi connectivity index (χ4v) is 2.19. The Kier molecular flexibility index (Phi) is 8.83. The molecule has 0 aliphatic rings. The summed E-state index contributed by atoms with van der Waals surface area (Å²) in [5.74, 6) is 0. The molecule has 0 unspecified atom stereocenters. The van der Waals surface area contributed by atoms with Crippen LogP contribution < -0.4 is 5.32 Å². The summed E-state index contributed by atoms with van der Waals surface area (Å²) in [7, 11) is 2.16. The summed E-state index contributed by atoms with van der Waals surface area (Å²) >= 11 is 0. The molecule has 0 amide bonds. The van der Waals surface area contributed by atoms with Crippen molar-refractivity contribution in [1.82, 2.24) is 10.2 Å². The zero-order valence-electron chi connectivity index (χ0n) is 12.4. The zero-order valence-corrected chi connectivity index (χ0v) is 12.4. The van der Waals surface area contributed by atoms with Gasteiger partial charge in [0.2, 0.25) is 0 Å². The quantitative estimate of drug-likeness (QED) is 0.618. The topological polar surface area (TPSA) is 35.5 Å². The summed E-state index contributed by atoms with van der Waals surface area (Å²) in [6, 6.07) is 0.551. The summed E-state index contributed by atoms with van der Waals surface area (Å²) in [6.45, 7) is 12.4. The van der Waals surface area contributed by atoms with Crippen LogP contribution >= 0.6 is 0 Å². The van der Waals surface area contributed by atoms with Gasteiger partial charge in [-0.05, 0) is 31.7 Å². The summed E-state index contributed by atoms with van der Waals surface area (Å²) in [5, 5.41) is 12.4. The standard InChI is InChI=1S/C14H32N2O/c1-6-14(7-2,11-15-13(3)4)12-16(5)9-8-10-17/h13,15,17H,6-12H2,1-5H3. The van der Waals surface area contributed by atoms with Crippen LogP contribution in [0.5, 0.6) is 0 Å². The Balaban J connectivity index is 4.27. The molecule has 0 saturated heterocycles. The minimum atomic E-state index is 0.292. The Labute approximate surface area is 108 Å². The van der Waals surface area contributed by atoms with E-state index in [-0.39, 0.29) is 0 Å². The summed E-state index contributed by atoms with van der Waals surface area (Å²) in [5.41, 5.74) is 0.370. The van der Waals surface area contributed by atoms with Crippen molar-refractivity contribution in [3.63, 3.8) is 0 Å². The van der Waals surface area contributed by atoms with E-state index in [1.807, 2.05) is 0 Å². The number of rotatable bonds is 10. The molecule has 0 spiro atoms. The molecule has 0 saturated carbocycles. The zero-order chi connectivity index (χ0) is 13.3. The van der Waals surface area contributed by atoms with Crippen LogP contribution in [0, 0.1) is 5.41 Å². The fraction of sp³-hybridized carbons (Fsp3) is 1.00. The van der Waals surface area contributed by atoms with E-state index in [4.69, 9.17) is 5.11 Å². The minimum Gasteiger partial charge on any atom is -0.396 e. The van der Waals surface area contributed by atoms with Crippen molar-refractivity contribution in [2.24, 2.45) is 5.41 Å². The van der Waals surface area contributed by atoms with E-state index >= 15 is 0 Å². The van der Waals surface area contributed by atoms with E-state index in [1.165, 1.54) is 12.8 Å². The lowest BCUT2D eigenvalue weighted by atomic mass is 9.81. The number of aliphatic hydroxyl groups excluding tert-OH is 1. The number of nitrogens with zero attached hydrogens (tertiary/aromatic N) is 1. The molecule has 0 aromatic carbocycles. The van der Waals surface area contributed by atoms with Crippen molar-refractivity contribution in [3.05, 3.63) is 0 Å². The highest BCUT2D eigenvalue weighted by atomic mass is 16.3. The first-order valence-corrected chi connectivity index (χ1v) is 7.02. The van der Waals surface area contributed by atoms with Gasteiger partial charge in [-0.3, -0.25) is 0 Å². The van der Waals surface area contributed by atoms with Gasteiger partial charge in [-0.2, -0.15) is 0 Å². The van der Waals surface area contributed by atoms with Crippen molar-refractivity contribution in [1.29, 1.82) is 0 Å². The second kappa shape index (κ2) is 8.90. The summed E-state index contributed by atoms with van der Waals surface area (Å²) in [6.07, 6.45) is 3.27. The van der Waals surface area contributed by atoms with Gasteiger partial charge in [0, 0.05) is 32.3 Å². The highest BCUT2D eigenvalue weighted by Crippen LogP contribution is 2.26. The lowest BCUT2D eigenvalue weighted by molar-refractivity contribution is 0.144. The monoisotopic (exact) mass is 244 g/mol. The maximum Gasteiger partial charge on any atom is 0.0443 e. The Bertz CT molecular complexity index is 179. The molecule has 0 radical (unpaired) electrons. The third-order valence-electron chi connectivity index (χ3n) is 3.69. The van der Waals surface area contributed by atoms with Gasteiger partial charge in [-0.15, -0.1) is 0 Å². The van der Waals surface area contributed by atoms with Crippen LogP contribution in [-0.2, 0) is 0 Å². The Morgan fingerprint density at radius 3 is 2.24 bits per heavy atom. The Morgan fingerprint density at radius 2 is 1.82 bits per heavy atom. The second-order valence-corrected chi connectivity index (χ2v) is 5.56. The van der Waals surface area contributed by atoms with Crippen LogP contribution in [0.2, 0.25) is 0 Å². The smallest absolute Gasteiger partial charge is 0.0443 e. The number of hydrogen-bond donors (Lipinski definition) is 2. The summed E-state index contributed by atoms with van der Waals surface area (Å²) < 4.78 is 0. The van der Waals surface area contributed by atoms with Crippen molar-refractivity contribution >= 4 is 0 Å². The van der Waals surface area contributed by atoms with Gasteiger partial charge in [0.05, 0.1) is 0 Å². The third kappa shape index (κ3) is 7.02. The van der Waals surface area contributed by atoms with Crippen LogP contribution in [0.4, 0.5) is 0 Å². The molecule has 0 aromatic rings. The Morgan fingerprint density at radius 1 is 1.24 bits per heavy atom. The minimum absolute atomic E-state index is 0.292. The summed E-state index contributed by atoms with van der Waals surface area (Å²) in [4.78, 5) is 2.35. The molecule has 3 heteroatoms. The van der Waals surface area contributed by atoms with Crippen molar-refractivity contribution in [2.45, 2.75) is 53.0 Å². The lowest BCUT2D eigenvalue weighted by Crippen LogP contribution is -2.44. The van der Waals surface area contributed by atoms with Gasteiger partial charge in [-0.1, -0.05) is 27.7 Å². The van der Waals surface area contributed by atoms with Gasteiger partial charge in [0.1, 0.15) is 0 Å². The molecule has 0 fully saturated rings. The van der Waals surface area contributed by atoms with E-state index in [1.54, 1.807) is 0 Å². The first kappa shape index (κ1) is 16.9. The average Bonchev–Trinajstić information content (AvgIpc) is 2.32. The fourth-order valence-electron chi connectivity index (χ4n) is 2.19. The molecule has 0 atom stereocenters. The molecular weight excluding hydrogens is 212 g/mol. The van der Waals surface area contributed by atoms with Crippen molar-refractivity contribution in [3.8, 4) is 0 Å². The van der Waals surface area contributed by atoms with E-state index < -0.39 is 0 Å². The predicted molar refractivity (Wildman–Crippen MR) is 75.4 cm³/mol. The number of nitrogens with one attached hydrogen (secondary N) is 1. The number of aliphatic hydroxyl groups is 1. The van der Waals surface area contributed by atoms with Crippen LogP contribution in [0.15, 0.2) is 0 Å². The molecule has 3 nitrogen and oxygen atoms in total. The largest absolute Gasteiger partial charge is 0.396 e. The van der Waals surface area contributed by atoms with Crippen LogP contribution in [0.1, 0.15) is 47.0 Å². The van der Waals surface area contributed by atoms with Gasteiger partial charge in [0.25, 0.3) is 0 Å². The average molecular weight is 244 g/mol. The molecule has 0 bridgehead atoms. The highest BCUT2D eigenvalue weighted by molar-refractivity contribution is 4.82. The lowest BCUT2D eigenvalue weighted by Gasteiger charge is -2.36. The van der Waals surface area contributed by atoms with Crippen LogP contribution in [0.3, 0.4) is 0 Å². The molecule has 2 N–H and O–H groups in total. The third-order valence-corrected chi connectivity index (χ3v) is 3.69. The normalized spacial score (nSPS) is 12.7. The van der Waals surface area contributed by atoms with E-state index in [0.717, 1.165) is 26.1 Å². The molecule has 0 rings (SSSR count).